The van der Waals surface area contributed by atoms with E-state index in [0.717, 1.165) is 6.42 Å². The third kappa shape index (κ3) is 2.80. The molecule has 0 saturated heterocycles. The Morgan fingerprint density at radius 1 is 0.895 bits per heavy atom. The first-order chi connectivity index (χ1) is 9.32. The van der Waals surface area contributed by atoms with Crippen molar-refractivity contribution in [2.75, 3.05) is 0 Å². The van der Waals surface area contributed by atoms with Gasteiger partial charge in [0.05, 0.1) is 16.1 Å². The van der Waals surface area contributed by atoms with Gasteiger partial charge >= 0.3 is 0 Å². The van der Waals surface area contributed by atoms with Crippen LogP contribution in [-0.4, -0.2) is 4.08 Å². The summed E-state index contributed by atoms with van der Waals surface area (Å²) < 4.78 is -0.00252. The van der Waals surface area contributed by atoms with Gasteiger partial charge in [-0.05, 0) is 30.7 Å². The second kappa shape index (κ2) is 5.32. The summed E-state index contributed by atoms with van der Waals surface area (Å²) in [6.45, 7) is 0. The average Bonchev–Trinajstić information content (AvgIpc) is 3.13. The first-order valence-corrected chi connectivity index (χ1v) is 7.83. The fraction of sp³-hybridized carbons (Fsp3) is 0.188. The molecule has 19 heavy (non-hydrogen) atoms. The Morgan fingerprint density at radius 2 is 1.37 bits per heavy atom. The van der Waals surface area contributed by atoms with E-state index >= 15 is 0 Å². The molecule has 1 nitrogen and oxygen atoms in total. The second-order valence-corrected chi connectivity index (χ2v) is 7.59. The van der Waals surface area contributed by atoms with E-state index in [9.17, 15) is 5.26 Å². The third-order valence-corrected chi connectivity index (χ3v) is 6.19. The van der Waals surface area contributed by atoms with Crippen LogP contribution in [0.15, 0.2) is 70.5 Å². The minimum Gasteiger partial charge on any atom is -0.198 e. The third-order valence-electron chi connectivity index (χ3n) is 3.08. The highest BCUT2D eigenvalue weighted by Crippen LogP contribution is 2.65. The van der Waals surface area contributed by atoms with Crippen molar-refractivity contribution in [3.05, 3.63) is 60.7 Å². The van der Waals surface area contributed by atoms with Gasteiger partial charge in [-0.1, -0.05) is 36.4 Å². The highest BCUT2D eigenvalue weighted by molar-refractivity contribution is 8.18. The summed E-state index contributed by atoms with van der Waals surface area (Å²) in [5, 5.41) is 9.22. The van der Waals surface area contributed by atoms with Crippen molar-refractivity contribution >= 4 is 23.5 Å². The molecule has 0 amide bonds. The van der Waals surface area contributed by atoms with Crippen LogP contribution in [0.25, 0.3) is 0 Å². The second-order valence-electron chi connectivity index (χ2n) is 4.53. The molecule has 1 saturated carbocycles. The molecule has 0 N–H and O–H groups in total. The first kappa shape index (κ1) is 12.7. The number of thioether (sulfide) groups is 2. The van der Waals surface area contributed by atoms with Crippen LogP contribution in [0, 0.1) is 17.2 Å². The maximum absolute atomic E-state index is 9.22. The average molecular weight is 283 g/mol. The first-order valence-electron chi connectivity index (χ1n) is 6.20. The standard InChI is InChI=1S/C16H13NS2/c17-12-13-11-16(13,18-14-7-3-1-4-8-14)19-15-9-5-2-6-10-15/h1-10,13H,11H2. The minimum absolute atomic E-state index is 0.00252. The Bertz CT molecular complexity index is 548. The molecule has 0 spiro atoms. The summed E-state index contributed by atoms with van der Waals surface area (Å²) in [6.07, 6.45) is 0.961. The van der Waals surface area contributed by atoms with Crippen molar-refractivity contribution in [1.82, 2.24) is 0 Å². The number of hydrogen-bond acceptors (Lipinski definition) is 3. The van der Waals surface area contributed by atoms with Crippen molar-refractivity contribution < 1.29 is 0 Å². The van der Waals surface area contributed by atoms with Crippen LogP contribution in [0.4, 0.5) is 0 Å². The van der Waals surface area contributed by atoms with Crippen molar-refractivity contribution in [1.29, 1.82) is 5.26 Å². The zero-order chi connectivity index (χ0) is 13.1. The Morgan fingerprint density at radius 3 is 1.74 bits per heavy atom. The van der Waals surface area contributed by atoms with Gasteiger partial charge in [0.1, 0.15) is 0 Å². The molecule has 0 aromatic heterocycles. The molecule has 94 valence electrons. The summed E-state index contributed by atoms with van der Waals surface area (Å²) in [7, 11) is 0. The molecule has 0 radical (unpaired) electrons. The normalized spacial score (nSPS) is 19.6. The van der Waals surface area contributed by atoms with Gasteiger partial charge in [-0.2, -0.15) is 5.26 Å². The largest absolute Gasteiger partial charge is 0.198 e. The molecule has 1 aliphatic carbocycles. The highest BCUT2D eigenvalue weighted by atomic mass is 32.2. The lowest BCUT2D eigenvalue weighted by Crippen LogP contribution is -1.99. The molecular weight excluding hydrogens is 270 g/mol. The SMILES string of the molecule is N#CC1CC1(Sc1ccccc1)Sc1ccccc1. The molecule has 1 aliphatic rings. The van der Waals surface area contributed by atoms with E-state index in [4.69, 9.17) is 0 Å². The Hall–Kier alpha value is -1.37. The van der Waals surface area contributed by atoms with Crippen LogP contribution in [0.1, 0.15) is 6.42 Å². The molecule has 0 bridgehead atoms. The van der Waals surface area contributed by atoms with Gasteiger partial charge < -0.3 is 0 Å². The molecular formula is C16H13NS2. The molecule has 3 rings (SSSR count). The van der Waals surface area contributed by atoms with Gasteiger partial charge in [-0.25, -0.2) is 0 Å². The smallest absolute Gasteiger partial charge is 0.0876 e. The monoisotopic (exact) mass is 283 g/mol. The van der Waals surface area contributed by atoms with Crippen molar-refractivity contribution in [2.45, 2.75) is 20.3 Å². The van der Waals surface area contributed by atoms with Crippen LogP contribution >= 0.6 is 23.5 Å². The zero-order valence-electron chi connectivity index (χ0n) is 10.3. The van der Waals surface area contributed by atoms with Gasteiger partial charge in [0.2, 0.25) is 0 Å². The van der Waals surface area contributed by atoms with Crippen LogP contribution in [-0.2, 0) is 0 Å². The van der Waals surface area contributed by atoms with E-state index in [0.29, 0.717) is 0 Å². The van der Waals surface area contributed by atoms with E-state index in [-0.39, 0.29) is 10.00 Å². The Balaban J connectivity index is 1.80. The Kier molecular flexibility index (Phi) is 3.54. The van der Waals surface area contributed by atoms with E-state index in [1.165, 1.54) is 9.79 Å². The number of benzene rings is 2. The number of hydrogen-bond donors (Lipinski definition) is 0. The van der Waals surface area contributed by atoms with E-state index in [1.54, 1.807) is 0 Å². The summed E-state index contributed by atoms with van der Waals surface area (Å²) in [5.41, 5.74) is 0. The van der Waals surface area contributed by atoms with E-state index in [2.05, 4.69) is 30.3 Å². The van der Waals surface area contributed by atoms with E-state index < -0.39 is 0 Å². The molecule has 2 aromatic carbocycles. The molecule has 1 fully saturated rings. The summed E-state index contributed by atoms with van der Waals surface area (Å²) >= 11 is 3.65. The fourth-order valence-corrected chi connectivity index (χ4v) is 5.01. The summed E-state index contributed by atoms with van der Waals surface area (Å²) in [5.74, 6) is 0.142. The highest BCUT2D eigenvalue weighted by Gasteiger charge is 2.56. The zero-order valence-corrected chi connectivity index (χ0v) is 12.0. The predicted molar refractivity (Wildman–Crippen MR) is 81.0 cm³/mol. The number of nitriles is 1. The predicted octanol–water partition coefficient (Wildman–Crippen LogP) is 4.81. The Labute approximate surface area is 122 Å². The number of rotatable bonds is 4. The minimum atomic E-state index is -0.00252. The van der Waals surface area contributed by atoms with Crippen LogP contribution < -0.4 is 0 Å². The van der Waals surface area contributed by atoms with Crippen LogP contribution in [0.3, 0.4) is 0 Å². The van der Waals surface area contributed by atoms with Crippen LogP contribution in [0.5, 0.6) is 0 Å². The van der Waals surface area contributed by atoms with Gasteiger partial charge in [0.25, 0.3) is 0 Å². The molecule has 0 heterocycles. The van der Waals surface area contributed by atoms with Gasteiger partial charge in [-0.15, -0.1) is 23.5 Å². The van der Waals surface area contributed by atoms with Gasteiger partial charge in [-0.3, -0.25) is 0 Å². The van der Waals surface area contributed by atoms with Crippen molar-refractivity contribution in [3.63, 3.8) is 0 Å². The van der Waals surface area contributed by atoms with Crippen molar-refractivity contribution in [3.8, 4) is 6.07 Å². The molecule has 0 aliphatic heterocycles. The summed E-state index contributed by atoms with van der Waals surface area (Å²) in [4.78, 5) is 2.48. The quantitative estimate of drug-likeness (QED) is 0.752. The molecule has 1 atom stereocenters. The van der Waals surface area contributed by atoms with Crippen molar-refractivity contribution in [2.24, 2.45) is 5.92 Å². The lowest BCUT2D eigenvalue weighted by atomic mass is 10.4. The maximum atomic E-state index is 9.22. The van der Waals surface area contributed by atoms with Gasteiger partial charge in [0, 0.05) is 9.79 Å². The summed E-state index contributed by atoms with van der Waals surface area (Å²) in [6, 6.07) is 23.1. The van der Waals surface area contributed by atoms with Crippen LogP contribution in [0.2, 0.25) is 0 Å². The molecule has 3 heteroatoms. The topological polar surface area (TPSA) is 23.8 Å². The maximum Gasteiger partial charge on any atom is 0.0876 e. The van der Waals surface area contributed by atoms with E-state index in [1.807, 2.05) is 59.9 Å². The lowest BCUT2D eigenvalue weighted by Gasteiger charge is -2.15. The fourth-order valence-electron chi connectivity index (χ4n) is 1.99. The number of nitrogens with zero attached hydrogens (tertiary/aromatic N) is 1. The molecule has 1 unspecified atom stereocenters. The van der Waals surface area contributed by atoms with Gasteiger partial charge in [0.15, 0.2) is 0 Å². The lowest BCUT2D eigenvalue weighted by molar-refractivity contribution is 1.11. The molecule has 2 aromatic rings.